The lowest BCUT2D eigenvalue weighted by Crippen LogP contribution is -2.39. The average molecular weight is 372 g/mol. The first-order chi connectivity index (χ1) is 9.88. The highest BCUT2D eigenvalue weighted by atomic mass is 79.9. The van der Waals surface area contributed by atoms with Crippen molar-refractivity contribution in [3.63, 3.8) is 0 Å². The van der Waals surface area contributed by atoms with Crippen LogP contribution in [0.5, 0.6) is 0 Å². The maximum atomic E-state index is 11.9. The molecule has 0 fully saturated rings. The van der Waals surface area contributed by atoms with Gasteiger partial charge in [0.15, 0.2) is 5.82 Å². The fourth-order valence-electron chi connectivity index (χ4n) is 1.74. The first-order valence-electron chi connectivity index (χ1n) is 6.45. The number of nitrogens with zero attached hydrogens (tertiary/aromatic N) is 1. The molecular weight excluding hydrogens is 356 g/mol. The molecule has 0 unspecified atom stereocenters. The Bertz CT molecular complexity index is 656. The molecule has 1 amide bonds. The van der Waals surface area contributed by atoms with E-state index >= 15 is 0 Å². The van der Waals surface area contributed by atoms with Crippen LogP contribution in [0.1, 0.15) is 13.8 Å². The number of anilines is 1. The van der Waals surface area contributed by atoms with Crippen LogP contribution >= 0.6 is 27.5 Å². The van der Waals surface area contributed by atoms with Crippen LogP contribution in [0.4, 0.5) is 5.82 Å². The van der Waals surface area contributed by atoms with Gasteiger partial charge in [0.2, 0.25) is 5.91 Å². The number of hydrogen-bond donors (Lipinski definition) is 3. The number of carbonyl (C=O) groups excluding carboxylic acids is 1. The van der Waals surface area contributed by atoms with E-state index in [2.05, 4.69) is 31.4 Å². The van der Waals surface area contributed by atoms with Crippen LogP contribution in [0.2, 0.25) is 5.02 Å². The summed E-state index contributed by atoms with van der Waals surface area (Å²) in [5, 5.41) is 10.2. The van der Waals surface area contributed by atoms with E-state index in [9.17, 15) is 4.79 Å². The van der Waals surface area contributed by atoms with Crippen molar-refractivity contribution in [3.8, 4) is 11.3 Å². The summed E-state index contributed by atoms with van der Waals surface area (Å²) in [7, 11) is 0. The summed E-state index contributed by atoms with van der Waals surface area (Å²) in [6, 6.07) is 6.67. The van der Waals surface area contributed by atoms with Crippen LogP contribution < -0.4 is 11.1 Å². The molecule has 0 spiro atoms. The zero-order chi connectivity index (χ0) is 15.6. The molecule has 1 aromatic heterocycles. The number of amides is 1. The third-order valence-electron chi connectivity index (χ3n) is 3.07. The van der Waals surface area contributed by atoms with Gasteiger partial charge in [-0.1, -0.05) is 41.4 Å². The van der Waals surface area contributed by atoms with Crippen molar-refractivity contribution in [2.45, 2.75) is 19.9 Å². The number of hydrogen-bond acceptors (Lipinski definition) is 3. The second-order valence-corrected chi connectivity index (χ2v) is 6.37. The lowest BCUT2D eigenvalue weighted by Gasteiger charge is -2.13. The first kappa shape index (κ1) is 16.0. The SMILES string of the molecule is CC(C)[C@H](N)C(=O)Nc1cc(-c2cc(Br)ccc2Cl)[nH]n1. The molecule has 0 radical (unpaired) electrons. The van der Waals surface area contributed by atoms with E-state index in [1.807, 2.05) is 26.0 Å². The van der Waals surface area contributed by atoms with Crippen LogP contribution in [0.15, 0.2) is 28.7 Å². The van der Waals surface area contributed by atoms with Crippen molar-refractivity contribution in [1.82, 2.24) is 10.2 Å². The average Bonchev–Trinajstić information content (AvgIpc) is 2.88. The Morgan fingerprint density at radius 3 is 2.81 bits per heavy atom. The standard InChI is InChI=1S/C14H16BrClN4O/c1-7(2)13(17)14(21)18-12-6-11(19-20-12)9-5-8(15)3-4-10(9)16/h3-7,13H,17H2,1-2H3,(H2,18,19,20,21)/t13-/m0/s1. The summed E-state index contributed by atoms with van der Waals surface area (Å²) in [6.45, 7) is 3.78. The molecule has 4 N–H and O–H groups in total. The van der Waals surface area contributed by atoms with Crippen molar-refractivity contribution in [2.24, 2.45) is 11.7 Å². The summed E-state index contributed by atoms with van der Waals surface area (Å²) in [6.07, 6.45) is 0. The van der Waals surface area contributed by atoms with Crippen molar-refractivity contribution in [1.29, 1.82) is 0 Å². The molecule has 2 rings (SSSR count). The van der Waals surface area contributed by atoms with Gasteiger partial charge >= 0.3 is 0 Å². The molecular formula is C14H16BrClN4O. The largest absolute Gasteiger partial charge is 0.320 e. The van der Waals surface area contributed by atoms with Gasteiger partial charge in [0.05, 0.1) is 16.8 Å². The summed E-state index contributed by atoms with van der Waals surface area (Å²) >= 11 is 9.56. The number of nitrogens with one attached hydrogen (secondary N) is 2. The summed E-state index contributed by atoms with van der Waals surface area (Å²) in [4.78, 5) is 11.9. The predicted molar refractivity (Wildman–Crippen MR) is 88.2 cm³/mol. The Kier molecular flexibility index (Phi) is 5.03. The number of aromatic amines is 1. The normalized spacial score (nSPS) is 12.5. The van der Waals surface area contributed by atoms with Crippen molar-refractivity contribution < 1.29 is 4.79 Å². The van der Waals surface area contributed by atoms with Gasteiger partial charge in [0.1, 0.15) is 0 Å². The fourth-order valence-corrected chi connectivity index (χ4v) is 2.32. The maximum Gasteiger partial charge on any atom is 0.242 e. The molecule has 1 atom stereocenters. The summed E-state index contributed by atoms with van der Waals surface area (Å²) in [5.41, 5.74) is 7.31. The monoisotopic (exact) mass is 370 g/mol. The van der Waals surface area contributed by atoms with Gasteiger partial charge in [-0.25, -0.2) is 0 Å². The van der Waals surface area contributed by atoms with E-state index in [-0.39, 0.29) is 11.8 Å². The minimum Gasteiger partial charge on any atom is -0.320 e. The van der Waals surface area contributed by atoms with Crippen LogP contribution in [0.25, 0.3) is 11.3 Å². The zero-order valence-electron chi connectivity index (χ0n) is 11.7. The lowest BCUT2D eigenvalue weighted by molar-refractivity contribution is -0.118. The minimum absolute atomic E-state index is 0.0583. The molecule has 2 aromatic rings. The fraction of sp³-hybridized carbons (Fsp3) is 0.286. The third-order valence-corrected chi connectivity index (χ3v) is 3.89. The number of rotatable bonds is 4. The number of H-pyrrole nitrogens is 1. The molecule has 0 saturated heterocycles. The zero-order valence-corrected chi connectivity index (χ0v) is 14.0. The molecule has 5 nitrogen and oxygen atoms in total. The number of aromatic nitrogens is 2. The Morgan fingerprint density at radius 2 is 2.14 bits per heavy atom. The summed E-state index contributed by atoms with van der Waals surface area (Å²) < 4.78 is 0.906. The molecule has 0 aliphatic rings. The van der Waals surface area contributed by atoms with Crippen molar-refractivity contribution in [2.75, 3.05) is 5.32 Å². The first-order valence-corrected chi connectivity index (χ1v) is 7.63. The lowest BCUT2D eigenvalue weighted by atomic mass is 10.1. The topological polar surface area (TPSA) is 83.8 Å². The van der Waals surface area contributed by atoms with Crippen LogP contribution in [0.3, 0.4) is 0 Å². The maximum absolute atomic E-state index is 11.9. The number of nitrogens with two attached hydrogens (primary N) is 1. The van der Waals surface area contributed by atoms with Gasteiger partial charge in [-0.15, -0.1) is 0 Å². The smallest absolute Gasteiger partial charge is 0.242 e. The van der Waals surface area contributed by atoms with Crippen molar-refractivity contribution in [3.05, 3.63) is 33.8 Å². The Hall–Kier alpha value is -1.37. The predicted octanol–water partition coefficient (Wildman–Crippen LogP) is 3.41. The Morgan fingerprint density at radius 1 is 1.43 bits per heavy atom. The number of benzene rings is 1. The van der Waals surface area contributed by atoms with Gasteiger partial charge in [-0.05, 0) is 24.1 Å². The van der Waals surface area contributed by atoms with E-state index in [4.69, 9.17) is 17.3 Å². The molecule has 0 saturated carbocycles. The molecule has 1 aromatic carbocycles. The second kappa shape index (κ2) is 6.60. The van der Waals surface area contributed by atoms with E-state index in [1.165, 1.54) is 0 Å². The van der Waals surface area contributed by atoms with Gasteiger partial charge in [0.25, 0.3) is 0 Å². The Balaban J connectivity index is 2.19. The molecule has 0 bridgehead atoms. The number of carbonyl (C=O) groups is 1. The molecule has 112 valence electrons. The number of halogens is 2. The molecule has 1 heterocycles. The molecule has 0 aliphatic heterocycles. The summed E-state index contributed by atoms with van der Waals surface area (Å²) in [5.74, 6) is 0.216. The van der Waals surface area contributed by atoms with E-state index in [0.29, 0.717) is 10.8 Å². The third kappa shape index (κ3) is 3.84. The van der Waals surface area contributed by atoms with E-state index < -0.39 is 6.04 Å². The van der Waals surface area contributed by atoms with Crippen LogP contribution in [-0.4, -0.2) is 22.1 Å². The Labute approximate surface area is 136 Å². The molecule has 0 aliphatic carbocycles. The van der Waals surface area contributed by atoms with Gasteiger partial charge < -0.3 is 11.1 Å². The van der Waals surface area contributed by atoms with E-state index in [1.54, 1.807) is 12.1 Å². The quantitative estimate of drug-likeness (QED) is 0.770. The highest BCUT2D eigenvalue weighted by molar-refractivity contribution is 9.10. The van der Waals surface area contributed by atoms with Crippen molar-refractivity contribution >= 4 is 39.3 Å². The highest BCUT2D eigenvalue weighted by Gasteiger charge is 2.18. The minimum atomic E-state index is -0.570. The second-order valence-electron chi connectivity index (χ2n) is 5.05. The van der Waals surface area contributed by atoms with Crippen LogP contribution in [-0.2, 0) is 4.79 Å². The van der Waals surface area contributed by atoms with Gasteiger partial charge in [-0.2, -0.15) is 5.10 Å². The molecule has 21 heavy (non-hydrogen) atoms. The van der Waals surface area contributed by atoms with E-state index in [0.717, 1.165) is 15.7 Å². The van der Waals surface area contributed by atoms with Crippen LogP contribution in [0, 0.1) is 5.92 Å². The van der Waals surface area contributed by atoms with Gasteiger partial charge in [-0.3, -0.25) is 9.89 Å². The van der Waals surface area contributed by atoms with Gasteiger partial charge in [0, 0.05) is 16.1 Å². The molecule has 7 heteroatoms. The highest BCUT2D eigenvalue weighted by Crippen LogP contribution is 2.30.